The molecule has 1 N–H and O–H groups in total. The second-order valence-corrected chi connectivity index (χ2v) is 7.22. The average molecular weight is 415 g/mol. The Balaban J connectivity index is 1.35. The minimum absolute atomic E-state index is 0.0112. The first-order chi connectivity index (χ1) is 15.1. The first-order valence-corrected chi connectivity index (χ1v) is 10.0. The molecule has 0 spiro atoms. The van der Waals surface area contributed by atoms with E-state index in [0.29, 0.717) is 11.3 Å². The van der Waals surface area contributed by atoms with Crippen LogP contribution < -0.4 is 10.2 Å². The second-order valence-electron chi connectivity index (χ2n) is 7.22. The summed E-state index contributed by atoms with van der Waals surface area (Å²) >= 11 is 0. The Bertz CT molecular complexity index is 1090. The molecule has 1 amide bonds. The van der Waals surface area contributed by atoms with Crippen molar-refractivity contribution < 1.29 is 9.72 Å². The number of hydrogen-bond acceptors (Lipinski definition) is 6. The number of benzene rings is 2. The lowest BCUT2D eigenvalue weighted by molar-refractivity contribution is -0.384. The quantitative estimate of drug-likeness (QED) is 0.366. The number of hydrogen-bond donors (Lipinski definition) is 1. The highest BCUT2D eigenvalue weighted by atomic mass is 16.6. The van der Waals surface area contributed by atoms with E-state index in [9.17, 15) is 14.9 Å². The number of carbonyl (C=O) groups excluding carboxylic acids is 1. The molecular formula is C23H21N5O3. The van der Waals surface area contributed by atoms with E-state index >= 15 is 0 Å². The normalized spacial score (nSPS) is 13.5. The fourth-order valence-electron chi connectivity index (χ4n) is 3.38. The maximum Gasteiger partial charge on any atom is 0.269 e. The fourth-order valence-corrected chi connectivity index (χ4v) is 3.38. The largest absolute Gasteiger partial charge is 0.355 e. The highest BCUT2D eigenvalue weighted by Crippen LogP contribution is 2.22. The van der Waals surface area contributed by atoms with E-state index in [4.69, 9.17) is 0 Å². The molecule has 3 aromatic rings. The molecule has 8 nitrogen and oxygen atoms in total. The van der Waals surface area contributed by atoms with Crippen molar-refractivity contribution in [3.63, 3.8) is 0 Å². The Kier molecular flexibility index (Phi) is 5.98. The lowest BCUT2D eigenvalue weighted by atomic mass is 10.1. The number of nitrogens with zero attached hydrogens (tertiary/aromatic N) is 4. The van der Waals surface area contributed by atoms with Crippen LogP contribution in [0, 0.1) is 10.1 Å². The third-order valence-electron chi connectivity index (χ3n) is 5.06. The van der Waals surface area contributed by atoms with Crippen LogP contribution in [0.2, 0.25) is 0 Å². The van der Waals surface area contributed by atoms with Gasteiger partial charge in [0.2, 0.25) is 5.91 Å². The summed E-state index contributed by atoms with van der Waals surface area (Å²) in [5.74, 6) is 0.616. The van der Waals surface area contributed by atoms with Gasteiger partial charge in [-0.1, -0.05) is 12.1 Å². The van der Waals surface area contributed by atoms with Crippen molar-refractivity contribution in [2.75, 3.05) is 23.3 Å². The van der Waals surface area contributed by atoms with Gasteiger partial charge in [-0.25, -0.2) is 0 Å². The Labute approximate surface area is 179 Å². The molecule has 0 atom stereocenters. The predicted molar refractivity (Wildman–Crippen MR) is 120 cm³/mol. The third-order valence-corrected chi connectivity index (χ3v) is 5.06. The van der Waals surface area contributed by atoms with E-state index < -0.39 is 4.92 Å². The first-order valence-electron chi connectivity index (χ1n) is 10.0. The molecule has 0 radical (unpaired) electrons. The number of amides is 1. The summed E-state index contributed by atoms with van der Waals surface area (Å²) in [6, 6.07) is 17.3. The zero-order chi connectivity index (χ0) is 21.6. The summed E-state index contributed by atoms with van der Waals surface area (Å²) in [4.78, 5) is 24.6. The smallest absolute Gasteiger partial charge is 0.269 e. The van der Waals surface area contributed by atoms with Crippen molar-refractivity contribution in [1.82, 2.24) is 10.2 Å². The van der Waals surface area contributed by atoms with Crippen LogP contribution in [0.4, 0.5) is 17.2 Å². The minimum atomic E-state index is -0.461. The van der Waals surface area contributed by atoms with Crippen molar-refractivity contribution in [3.8, 4) is 11.3 Å². The number of nitro benzene ring substituents is 1. The molecule has 1 saturated heterocycles. The molecule has 0 unspecified atom stereocenters. The van der Waals surface area contributed by atoms with Gasteiger partial charge >= 0.3 is 0 Å². The molecule has 4 rings (SSSR count). The Hall–Kier alpha value is -4.07. The van der Waals surface area contributed by atoms with Crippen LogP contribution >= 0.6 is 0 Å². The standard InChI is InChI=1S/C23H21N5O3/c29-23(14-5-17-3-10-20(11-4-17)28(30)31)24-19-8-6-18(7-9-19)21-12-13-22(26-25-21)27-15-1-2-16-27/h3-14H,1-2,15-16H2,(H,24,29)/b14-5+. The molecule has 1 aliphatic heterocycles. The van der Waals surface area contributed by atoms with Gasteiger partial charge < -0.3 is 10.2 Å². The maximum atomic E-state index is 12.1. The summed E-state index contributed by atoms with van der Waals surface area (Å²) in [6.45, 7) is 2.06. The summed E-state index contributed by atoms with van der Waals surface area (Å²) < 4.78 is 0. The highest BCUT2D eigenvalue weighted by Gasteiger charge is 2.14. The predicted octanol–water partition coefficient (Wildman–Crippen LogP) is 4.30. The van der Waals surface area contributed by atoms with Gasteiger partial charge in [0.15, 0.2) is 5.82 Å². The van der Waals surface area contributed by atoms with E-state index in [2.05, 4.69) is 20.4 Å². The number of aromatic nitrogens is 2. The van der Waals surface area contributed by atoms with Gasteiger partial charge in [0.05, 0.1) is 10.6 Å². The van der Waals surface area contributed by atoms with E-state index in [-0.39, 0.29) is 11.6 Å². The van der Waals surface area contributed by atoms with Gasteiger partial charge in [-0.3, -0.25) is 14.9 Å². The minimum Gasteiger partial charge on any atom is -0.355 e. The van der Waals surface area contributed by atoms with Gasteiger partial charge in [0.25, 0.3) is 5.69 Å². The zero-order valence-electron chi connectivity index (χ0n) is 16.8. The Morgan fingerprint density at radius 2 is 1.68 bits per heavy atom. The molecule has 0 saturated carbocycles. The number of carbonyl (C=O) groups is 1. The Morgan fingerprint density at radius 1 is 0.968 bits per heavy atom. The molecule has 2 heterocycles. The molecule has 8 heteroatoms. The summed E-state index contributed by atoms with van der Waals surface area (Å²) in [7, 11) is 0. The maximum absolute atomic E-state index is 12.1. The molecule has 1 aromatic heterocycles. The average Bonchev–Trinajstić information content (AvgIpc) is 3.34. The lowest BCUT2D eigenvalue weighted by Crippen LogP contribution is -2.19. The van der Waals surface area contributed by atoms with Crippen LogP contribution in [0.1, 0.15) is 18.4 Å². The number of rotatable bonds is 6. The van der Waals surface area contributed by atoms with Crippen LogP contribution in [-0.4, -0.2) is 34.1 Å². The highest BCUT2D eigenvalue weighted by molar-refractivity contribution is 6.02. The monoisotopic (exact) mass is 415 g/mol. The molecule has 1 aliphatic rings. The molecular weight excluding hydrogens is 394 g/mol. The van der Waals surface area contributed by atoms with Crippen LogP contribution in [-0.2, 0) is 4.79 Å². The van der Waals surface area contributed by atoms with Crippen molar-refractivity contribution in [1.29, 1.82) is 0 Å². The summed E-state index contributed by atoms with van der Waals surface area (Å²) in [5.41, 5.74) is 3.06. The van der Waals surface area contributed by atoms with Crippen LogP contribution in [0.3, 0.4) is 0 Å². The molecule has 0 aliphatic carbocycles. The van der Waals surface area contributed by atoms with Crippen LogP contribution in [0.25, 0.3) is 17.3 Å². The zero-order valence-corrected chi connectivity index (χ0v) is 16.8. The van der Waals surface area contributed by atoms with Crippen molar-refractivity contribution in [3.05, 3.63) is 82.4 Å². The molecule has 2 aromatic carbocycles. The van der Waals surface area contributed by atoms with E-state index in [1.165, 1.54) is 31.1 Å². The first kappa shape index (κ1) is 20.2. The fraction of sp³-hybridized carbons (Fsp3) is 0.174. The summed E-state index contributed by atoms with van der Waals surface area (Å²) in [6.07, 6.45) is 5.38. The van der Waals surface area contributed by atoms with E-state index in [0.717, 1.165) is 30.2 Å². The van der Waals surface area contributed by atoms with E-state index in [1.807, 2.05) is 36.4 Å². The second kappa shape index (κ2) is 9.17. The summed E-state index contributed by atoms with van der Waals surface area (Å²) in [5, 5.41) is 22.1. The Morgan fingerprint density at radius 3 is 2.29 bits per heavy atom. The van der Waals surface area contributed by atoms with Crippen molar-refractivity contribution >= 4 is 29.2 Å². The topological polar surface area (TPSA) is 101 Å². The van der Waals surface area contributed by atoms with Gasteiger partial charge in [0, 0.05) is 42.5 Å². The van der Waals surface area contributed by atoms with Crippen molar-refractivity contribution in [2.45, 2.75) is 12.8 Å². The van der Waals surface area contributed by atoms with Crippen LogP contribution in [0.15, 0.2) is 66.7 Å². The number of non-ortho nitro benzene ring substituents is 1. The SMILES string of the molecule is O=C(/C=C/c1ccc([N+](=O)[O-])cc1)Nc1ccc(-c2ccc(N3CCCC3)nn2)cc1. The number of anilines is 2. The van der Waals surface area contributed by atoms with Gasteiger partial charge in [-0.15, -0.1) is 10.2 Å². The number of nitro groups is 1. The third kappa shape index (κ3) is 5.11. The molecule has 31 heavy (non-hydrogen) atoms. The van der Waals surface area contributed by atoms with Gasteiger partial charge in [0.1, 0.15) is 0 Å². The van der Waals surface area contributed by atoms with Crippen LogP contribution in [0.5, 0.6) is 0 Å². The molecule has 1 fully saturated rings. The number of nitrogens with one attached hydrogen (secondary N) is 1. The molecule has 0 bridgehead atoms. The molecule has 156 valence electrons. The van der Waals surface area contributed by atoms with E-state index in [1.54, 1.807) is 18.2 Å². The van der Waals surface area contributed by atoms with Gasteiger partial charge in [-0.2, -0.15) is 0 Å². The van der Waals surface area contributed by atoms with Crippen molar-refractivity contribution in [2.24, 2.45) is 0 Å². The lowest BCUT2D eigenvalue weighted by Gasteiger charge is -2.15. The van der Waals surface area contributed by atoms with Gasteiger partial charge in [-0.05, 0) is 60.9 Å².